The van der Waals surface area contributed by atoms with E-state index in [4.69, 9.17) is 0 Å². The van der Waals surface area contributed by atoms with E-state index in [0.717, 1.165) is 23.0 Å². The lowest BCUT2D eigenvalue weighted by atomic mass is 10.5. The van der Waals surface area contributed by atoms with Gasteiger partial charge in [-0.15, -0.1) is 0 Å². The second-order valence-electron chi connectivity index (χ2n) is 1.98. The third-order valence-electron chi connectivity index (χ3n) is 1.09. The summed E-state index contributed by atoms with van der Waals surface area (Å²) in [4.78, 5) is 4.24. The van der Waals surface area contributed by atoms with E-state index in [9.17, 15) is 0 Å². The Balaban J connectivity index is 2.42. The van der Waals surface area contributed by atoms with Crippen LogP contribution in [0.15, 0.2) is 0 Å². The molecule has 0 fully saturated rings. The van der Waals surface area contributed by atoms with Crippen molar-refractivity contribution in [2.75, 3.05) is 12.0 Å². The molecule has 0 aromatic carbocycles. The number of aromatic nitrogens is 2. The Morgan fingerprint density at radius 3 is 2.90 bits per heavy atom. The highest BCUT2D eigenvalue weighted by Gasteiger charge is 1.97. The molecule has 0 bridgehead atoms. The summed E-state index contributed by atoms with van der Waals surface area (Å²) in [5.74, 6) is 2.05. The second-order valence-corrected chi connectivity index (χ2v) is 3.80. The molecule has 0 radical (unpaired) electrons. The molecule has 1 heterocycles. The van der Waals surface area contributed by atoms with Crippen LogP contribution in [0.25, 0.3) is 0 Å². The molecule has 56 valence electrons. The SMILES string of the molecule is CSCCc1nc(C)ns1. The summed E-state index contributed by atoms with van der Waals surface area (Å²) in [6, 6.07) is 0. The number of aryl methyl sites for hydroxylation is 2. The van der Waals surface area contributed by atoms with Crippen molar-refractivity contribution in [3.8, 4) is 0 Å². The van der Waals surface area contributed by atoms with Gasteiger partial charge in [0, 0.05) is 6.42 Å². The van der Waals surface area contributed by atoms with Gasteiger partial charge in [-0.1, -0.05) is 0 Å². The van der Waals surface area contributed by atoms with Gasteiger partial charge < -0.3 is 0 Å². The zero-order valence-electron chi connectivity index (χ0n) is 6.13. The van der Waals surface area contributed by atoms with Crippen LogP contribution in [0.3, 0.4) is 0 Å². The first kappa shape index (κ1) is 8.01. The highest BCUT2D eigenvalue weighted by atomic mass is 32.2. The fourth-order valence-corrected chi connectivity index (χ4v) is 1.80. The average Bonchev–Trinajstić information content (AvgIpc) is 2.31. The number of hydrogen-bond donors (Lipinski definition) is 0. The van der Waals surface area contributed by atoms with Crippen LogP contribution in [0.2, 0.25) is 0 Å². The Morgan fingerprint density at radius 2 is 2.40 bits per heavy atom. The van der Waals surface area contributed by atoms with Gasteiger partial charge in [-0.05, 0) is 30.5 Å². The van der Waals surface area contributed by atoms with Crippen molar-refractivity contribution in [1.29, 1.82) is 0 Å². The third kappa shape index (κ3) is 2.27. The van der Waals surface area contributed by atoms with E-state index in [0.29, 0.717) is 0 Å². The van der Waals surface area contributed by atoms with Crippen molar-refractivity contribution in [3.05, 3.63) is 10.8 Å². The fraction of sp³-hybridized carbons (Fsp3) is 0.667. The van der Waals surface area contributed by atoms with E-state index in [1.807, 2.05) is 18.7 Å². The van der Waals surface area contributed by atoms with E-state index < -0.39 is 0 Å². The minimum absolute atomic E-state index is 0.904. The summed E-state index contributed by atoms with van der Waals surface area (Å²) >= 11 is 3.36. The van der Waals surface area contributed by atoms with Crippen molar-refractivity contribution < 1.29 is 0 Å². The molecule has 0 N–H and O–H groups in total. The molecule has 0 aliphatic rings. The van der Waals surface area contributed by atoms with Gasteiger partial charge in [0.15, 0.2) is 0 Å². The summed E-state index contributed by atoms with van der Waals surface area (Å²) in [6.45, 7) is 1.93. The molecular weight excluding hydrogens is 164 g/mol. The van der Waals surface area contributed by atoms with Crippen LogP contribution in [-0.4, -0.2) is 21.4 Å². The number of thioether (sulfide) groups is 1. The monoisotopic (exact) mass is 174 g/mol. The van der Waals surface area contributed by atoms with Crippen LogP contribution in [0.4, 0.5) is 0 Å². The Bertz CT molecular complexity index is 197. The van der Waals surface area contributed by atoms with Crippen LogP contribution in [-0.2, 0) is 6.42 Å². The molecule has 0 spiro atoms. The van der Waals surface area contributed by atoms with E-state index in [1.165, 1.54) is 11.5 Å². The van der Waals surface area contributed by atoms with Crippen LogP contribution in [0.5, 0.6) is 0 Å². The highest BCUT2D eigenvalue weighted by Crippen LogP contribution is 2.06. The summed E-state index contributed by atoms with van der Waals surface area (Å²) in [6.07, 6.45) is 3.17. The second kappa shape index (κ2) is 3.93. The Kier molecular flexibility index (Phi) is 3.15. The summed E-state index contributed by atoms with van der Waals surface area (Å²) < 4.78 is 4.09. The van der Waals surface area contributed by atoms with E-state index in [2.05, 4.69) is 15.6 Å². The molecule has 0 saturated heterocycles. The zero-order chi connectivity index (χ0) is 7.40. The maximum atomic E-state index is 4.24. The summed E-state index contributed by atoms with van der Waals surface area (Å²) in [5.41, 5.74) is 0. The quantitative estimate of drug-likeness (QED) is 0.698. The molecule has 1 aromatic heterocycles. The highest BCUT2D eigenvalue weighted by molar-refractivity contribution is 7.98. The Morgan fingerprint density at radius 1 is 1.60 bits per heavy atom. The molecule has 4 heteroatoms. The maximum absolute atomic E-state index is 4.24. The molecule has 0 amide bonds. The van der Waals surface area contributed by atoms with Gasteiger partial charge in [0.05, 0.1) is 0 Å². The van der Waals surface area contributed by atoms with Gasteiger partial charge >= 0.3 is 0 Å². The molecule has 0 unspecified atom stereocenters. The van der Waals surface area contributed by atoms with Crippen LogP contribution in [0, 0.1) is 6.92 Å². The van der Waals surface area contributed by atoms with Gasteiger partial charge in [0.1, 0.15) is 10.8 Å². The minimum atomic E-state index is 0.904. The lowest BCUT2D eigenvalue weighted by molar-refractivity contribution is 1.06. The van der Waals surface area contributed by atoms with Gasteiger partial charge in [0.2, 0.25) is 0 Å². The Labute approximate surface area is 69.2 Å². The fourth-order valence-electron chi connectivity index (χ4n) is 0.631. The average molecular weight is 174 g/mol. The molecule has 10 heavy (non-hydrogen) atoms. The first-order chi connectivity index (χ1) is 4.83. The van der Waals surface area contributed by atoms with Crippen molar-refractivity contribution in [1.82, 2.24) is 9.36 Å². The lowest BCUT2D eigenvalue weighted by Crippen LogP contribution is -1.85. The predicted octanol–water partition coefficient (Wildman–Crippen LogP) is 1.75. The van der Waals surface area contributed by atoms with E-state index in [-0.39, 0.29) is 0 Å². The summed E-state index contributed by atoms with van der Waals surface area (Å²) in [7, 11) is 0. The first-order valence-corrected chi connectivity index (χ1v) is 5.28. The Hall–Kier alpha value is -0.0900. The largest absolute Gasteiger partial charge is 0.225 e. The molecular formula is C6H10N2S2. The molecule has 1 aromatic rings. The lowest BCUT2D eigenvalue weighted by Gasteiger charge is -1.88. The van der Waals surface area contributed by atoms with Crippen molar-refractivity contribution >= 4 is 23.3 Å². The van der Waals surface area contributed by atoms with Crippen molar-refractivity contribution in [2.24, 2.45) is 0 Å². The van der Waals surface area contributed by atoms with E-state index in [1.54, 1.807) is 0 Å². The normalized spacial score (nSPS) is 10.2. The van der Waals surface area contributed by atoms with Crippen molar-refractivity contribution in [2.45, 2.75) is 13.3 Å². The van der Waals surface area contributed by atoms with Gasteiger partial charge in [0.25, 0.3) is 0 Å². The number of rotatable bonds is 3. The van der Waals surface area contributed by atoms with Gasteiger partial charge in [-0.3, -0.25) is 0 Å². The molecule has 0 saturated carbocycles. The van der Waals surface area contributed by atoms with Gasteiger partial charge in [-0.2, -0.15) is 16.1 Å². The topological polar surface area (TPSA) is 25.8 Å². The standard InChI is InChI=1S/C6H10N2S2/c1-5-7-6(10-8-5)3-4-9-2/h3-4H2,1-2H3. The maximum Gasteiger partial charge on any atom is 0.139 e. The first-order valence-electron chi connectivity index (χ1n) is 3.11. The molecule has 1 rings (SSSR count). The molecule has 0 aliphatic carbocycles. The number of hydrogen-bond acceptors (Lipinski definition) is 4. The molecule has 0 aliphatic heterocycles. The van der Waals surface area contributed by atoms with E-state index >= 15 is 0 Å². The third-order valence-corrected chi connectivity index (χ3v) is 2.56. The predicted molar refractivity (Wildman–Crippen MR) is 46.7 cm³/mol. The van der Waals surface area contributed by atoms with Crippen molar-refractivity contribution in [3.63, 3.8) is 0 Å². The van der Waals surface area contributed by atoms with Crippen LogP contribution < -0.4 is 0 Å². The zero-order valence-corrected chi connectivity index (χ0v) is 7.76. The van der Waals surface area contributed by atoms with Gasteiger partial charge in [-0.25, -0.2) is 4.98 Å². The van der Waals surface area contributed by atoms with Crippen LogP contribution >= 0.6 is 23.3 Å². The molecule has 2 nitrogen and oxygen atoms in total. The minimum Gasteiger partial charge on any atom is -0.225 e. The number of nitrogens with zero attached hydrogens (tertiary/aromatic N) is 2. The smallest absolute Gasteiger partial charge is 0.139 e. The molecule has 0 atom stereocenters. The van der Waals surface area contributed by atoms with Crippen LogP contribution in [0.1, 0.15) is 10.8 Å². The summed E-state index contributed by atoms with van der Waals surface area (Å²) in [5, 5.41) is 1.16.